The lowest BCUT2D eigenvalue weighted by atomic mass is 10.1. The molecule has 3 nitrogen and oxygen atoms in total. The molecule has 2 aliphatic carbocycles. The van der Waals surface area contributed by atoms with Crippen molar-refractivity contribution in [1.82, 2.24) is 0 Å². The topological polar surface area (TPSA) is 43.4 Å². The molecule has 2 rings (SSSR count). The van der Waals surface area contributed by atoms with Crippen LogP contribution in [0.5, 0.6) is 0 Å². The zero-order valence-electron chi connectivity index (χ0n) is 15.4. The van der Waals surface area contributed by atoms with Gasteiger partial charge in [0.25, 0.3) is 0 Å². The minimum absolute atomic E-state index is 0.0654. The second kappa shape index (κ2) is 6.92. The van der Waals surface area contributed by atoms with Gasteiger partial charge in [-0.3, -0.25) is 9.59 Å². The number of carbonyl (C=O) groups is 2. The van der Waals surface area contributed by atoms with E-state index < -0.39 is 6.10 Å². The molecule has 0 aromatic carbocycles. The molecule has 0 aromatic heterocycles. The van der Waals surface area contributed by atoms with Gasteiger partial charge in [-0.15, -0.1) is 0 Å². The monoisotopic (exact) mass is 328 g/mol. The second-order valence-corrected chi connectivity index (χ2v) is 7.65. The zero-order valence-corrected chi connectivity index (χ0v) is 15.4. The summed E-state index contributed by atoms with van der Waals surface area (Å²) in [5.41, 5.74) is 2.80. The maximum Gasteiger partial charge on any atom is 0.310 e. The zero-order chi connectivity index (χ0) is 18.1. The van der Waals surface area contributed by atoms with Crippen LogP contribution in [-0.2, 0) is 14.3 Å². The number of hydrogen-bond acceptors (Lipinski definition) is 3. The van der Waals surface area contributed by atoms with E-state index in [1.54, 1.807) is 6.08 Å². The second-order valence-electron chi connectivity index (χ2n) is 7.65. The Morgan fingerprint density at radius 3 is 2.62 bits per heavy atom. The van der Waals surface area contributed by atoms with E-state index in [0.29, 0.717) is 6.42 Å². The normalized spacial score (nSPS) is 28.2. The molecule has 1 saturated carbocycles. The SMILES string of the molecule is C=C/C=C\CC1=C(C)[C@H](OC(=O)[C@@H]2[C@@H](C=C(C)C)C2(C)C)CC1=O. The Labute approximate surface area is 145 Å². The van der Waals surface area contributed by atoms with Gasteiger partial charge in [-0.25, -0.2) is 0 Å². The molecular weight excluding hydrogens is 300 g/mol. The van der Waals surface area contributed by atoms with Gasteiger partial charge in [0, 0.05) is 5.57 Å². The molecule has 0 saturated heterocycles. The summed E-state index contributed by atoms with van der Waals surface area (Å²) in [5.74, 6) is 0.0175. The Hall–Kier alpha value is -1.90. The summed E-state index contributed by atoms with van der Waals surface area (Å²) < 4.78 is 5.71. The largest absolute Gasteiger partial charge is 0.457 e. The Kier molecular flexibility index (Phi) is 5.32. The van der Waals surface area contributed by atoms with Crippen molar-refractivity contribution in [3.8, 4) is 0 Å². The quantitative estimate of drug-likeness (QED) is 0.408. The van der Waals surface area contributed by atoms with Gasteiger partial charge >= 0.3 is 5.97 Å². The van der Waals surface area contributed by atoms with Gasteiger partial charge in [0.15, 0.2) is 5.78 Å². The fraction of sp³-hybridized carbons (Fsp3) is 0.524. The van der Waals surface area contributed by atoms with E-state index in [9.17, 15) is 9.59 Å². The Morgan fingerprint density at radius 1 is 1.38 bits per heavy atom. The highest BCUT2D eigenvalue weighted by Gasteiger charge is 2.61. The van der Waals surface area contributed by atoms with Crippen LogP contribution in [0, 0.1) is 17.3 Å². The molecule has 0 N–H and O–H groups in total. The summed E-state index contributed by atoms with van der Waals surface area (Å²) >= 11 is 0. The lowest BCUT2D eigenvalue weighted by Crippen LogP contribution is -2.20. The van der Waals surface area contributed by atoms with Crippen molar-refractivity contribution in [1.29, 1.82) is 0 Å². The highest BCUT2D eigenvalue weighted by atomic mass is 16.5. The molecule has 0 bridgehead atoms. The molecule has 3 atom stereocenters. The fourth-order valence-corrected chi connectivity index (χ4v) is 3.56. The molecule has 0 radical (unpaired) electrons. The highest BCUT2D eigenvalue weighted by molar-refractivity contribution is 6.00. The standard InChI is InChI=1S/C21H28O3/c1-7-8-9-10-15-14(4)18(12-17(15)22)24-20(23)19-16(11-13(2)3)21(19,5)6/h7-9,11,16,18-19H,1,10,12H2,2-6H3/b9-8-/t16-,18-,19+/m1/s1. The molecule has 130 valence electrons. The molecule has 0 unspecified atom stereocenters. The van der Waals surface area contributed by atoms with E-state index in [-0.39, 0.29) is 35.4 Å². The number of rotatable bonds is 6. The summed E-state index contributed by atoms with van der Waals surface area (Å²) in [6, 6.07) is 0. The smallest absolute Gasteiger partial charge is 0.310 e. The average molecular weight is 328 g/mol. The van der Waals surface area contributed by atoms with Crippen molar-refractivity contribution in [3.63, 3.8) is 0 Å². The third-order valence-electron chi connectivity index (χ3n) is 5.20. The number of esters is 1. The van der Waals surface area contributed by atoms with Crippen molar-refractivity contribution in [2.24, 2.45) is 17.3 Å². The first kappa shape index (κ1) is 18.4. The summed E-state index contributed by atoms with van der Waals surface area (Å²) in [7, 11) is 0. The van der Waals surface area contributed by atoms with E-state index in [0.717, 1.165) is 11.1 Å². The van der Waals surface area contributed by atoms with Crippen LogP contribution in [0.4, 0.5) is 0 Å². The summed E-state index contributed by atoms with van der Waals surface area (Å²) in [5, 5.41) is 0. The summed E-state index contributed by atoms with van der Waals surface area (Å²) in [6.45, 7) is 13.8. The van der Waals surface area contributed by atoms with Crippen molar-refractivity contribution < 1.29 is 14.3 Å². The van der Waals surface area contributed by atoms with E-state index in [1.807, 2.05) is 32.9 Å². The Balaban J connectivity index is 2.05. The lowest BCUT2D eigenvalue weighted by molar-refractivity contribution is -0.150. The molecule has 0 heterocycles. The molecule has 0 spiro atoms. The van der Waals surface area contributed by atoms with E-state index in [1.165, 1.54) is 5.57 Å². The van der Waals surface area contributed by atoms with Crippen LogP contribution in [0.25, 0.3) is 0 Å². The number of ether oxygens (including phenoxy) is 1. The van der Waals surface area contributed by atoms with Gasteiger partial charge in [0.2, 0.25) is 0 Å². The third kappa shape index (κ3) is 3.61. The van der Waals surface area contributed by atoms with E-state index >= 15 is 0 Å². The van der Waals surface area contributed by atoms with Crippen LogP contribution in [0.3, 0.4) is 0 Å². The van der Waals surface area contributed by atoms with Gasteiger partial charge in [-0.1, -0.05) is 50.3 Å². The minimum Gasteiger partial charge on any atom is -0.457 e. The first-order chi connectivity index (χ1) is 11.2. The summed E-state index contributed by atoms with van der Waals surface area (Å²) in [4.78, 5) is 24.8. The van der Waals surface area contributed by atoms with Crippen molar-refractivity contribution in [2.75, 3.05) is 0 Å². The predicted octanol–water partition coefficient (Wildman–Crippen LogP) is 4.56. The number of Topliss-reactive ketones (excluding diaryl/α,β-unsaturated/α-hetero) is 1. The van der Waals surface area contributed by atoms with Crippen molar-refractivity contribution in [2.45, 2.75) is 53.6 Å². The molecule has 2 aliphatic rings. The molecule has 0 aliphatic heterocycles. The van der Waals surface area contributed by atoms with Gasteiger partial charge in [-0.05, 0) is 44.1 Å². The Morgan fingerprint density at radius 2 is 2.04 bits per heavy atom. The van der Waals surface area contributed by atoms with E-state index in [2.05, 4.69) is 26.5 Å². The molecule has 0 aromatic rings. The Bertz CT molecular complexity index is 642. The van der Waals surface area contributed by atoms with Gasteiger partial charge in [0.05, 0.1) is 12.3 Å². The van der Waals surface area contributed by atoms with Crippen LogP contribution >= 0.6 is 0 Å². The number of hydrogen-bond donors (Lipinski definition) is 0. The maximum atomic E-state index is 12.6. The third-order valence-corrected chi connectivity index (χ3v) is 5.20. The van der Waals surface area contributed by atoms with Crippen LogP contribution in [0.1, 0.15) is 47.5 Å². The van der Waals surface area contributed by atoms with Crippen LogP contribution in [0.15, 0.2) is 47.6 Å². The molecule has 3 heteroatoms. The number of carbonyl (C=O) groups excluding carboxylic acids is 2. The maximum absolute atomic E-state index is 12.6. The first-order valence-electron chi connectivity index (χ1n) is 8.56. The lowest BCUT2D eigenvalue weighted by Gasteiger charge is -2.13. The predicted molar refractivity (Wildman–Crippen MR) is 96.4 cm³/mol. The fourth-order valence-electron chi connectivity index (χ4n) is 3.56. The van der Waals surface area contributed by atoms with Crippen LogP contribution < -0.4 is 0 Å². The first-order valence-corrected chi connectivity index (χ1v) is 8.56. The summed E-state index contributed by atoms with van der Waals surface area (Å²) in [6.07, 6.45) is 8.01. The van der Waals surface area contributed by atoms with E-state index in [4.69, 9.17) is 4.74 Å². The minimum atomic E-state index is -0.402. The van der Waals surface area contributed by atoms with Gasteiger partial charge in [-0.2, -0.15) is 0 Å². The van der Waals surface area contributed by atoms with Crippen molar-refractivity contribution >= 4 is 11.8 Å². The van der Waals surface area contributed by atoms with Gasteiger partial charge in [0.1, 0.15) is 6.10 Å². The molecular formula is C21H28O3. The van der Waals surface area contributed by atoms with Crippen LogP contribution in [0.2, 0.25) is 0 Å². The molecule has 0 amide bonds. The van der Waals surface area contributed by atoms with Gasteiger partial charge < -0.3 is 4.74 Å². The number of ketones is 1. The van der Waals surface area contributed by atoms with Crippen molar-refractivity contribution in [3.05, 3.63) is 47.6 Å². The number of allylic oxidation sites excluding steroid dienone is 6. The molecule has 1 fully saturated rings. The highest BCUT2D eigenvalue weighted by Crippen LogP contribution is 2.60. The average Bonchev–Trinajstić information content (AvgIpc) is 2.90. The molecule has 24 heavy (non-hydrogen) atoms. The van der Waals surface area contributed by atoms with Crippen LogP contribution in [-0.4, -0.2) is 17.9 Å².